The van der Waals surface area contributed by atoms with Crippen molar-refractivity contribution >= 4 is 5.91 Å². The van der Waals surface area contributed by atoms with Crippen LogP contribution >= 0.6 is 0 Å². The second kappa shape index (κ2) is 5.86. The van der Waals surface area contributed by atoms with Gasteiger partial charge in [-0.1, -0.05) is 13.8 Å². The Kier molecular flexibility index (Phi) is 4.75. The third-order valence-corrected chi connectivity index (χ3v) is 3.09. The quantitative estimate of drug-likeness (QED) is 0.755. The molecule has 1 amide bonds. The number of hydrogen-bond donors (Lipinski definition) is 1. The molecule has 1 aliphatic rings. The summed E-state index contributed by atoms with van der Waals surface area (Å²) in [4.78, 5) is 13.2. The molecular formula is C12H21N3O. The lowest BCUT2D eigenvalue weighted by atomic mass is 9.98. The van der Waals surface area contributed by atoms with Crippen LogP contribution in [0.25, 0.3) is 0 Å². The van der Waals surface area contributed by atoms with Gasteiger partial charge >= 0.3 is 0 Å². The lowest BCUT2D eigenvalue weighted by molar-refractivity contribution is -0.121. The SMILES string of the molecule is CC(C)CC(C#N)CN1CCC(C(N)=O)C1. The summed E-state index contributed by atoms with van der Waals surface area (Å²) in [5.74, 6) is 0.393. The van der Waals surface area contributed by atoms with Gasteiger partial charge in [0, 0.05) is 13.1 Å². The van der Waals surface area contributed by atoms with Crippen LogP contribution < -0.4 is 5.73 Å². The number of likely N-dealkylation sites (tertiary alicyclic amines) is 1. The van der Waals surface area contributed by atoms with Crippen molar-refractivity contribution in [3.8, 4) is 6.07 Å². The predicted molar refractivity (Wildman–Crippen MR) is 62.3 cm³/mol. The molecule has 2 atom stereocenters. The summed E-state index contributed by atoms with van der Waals surface area (Å²) in [7, 11) is 0. The zero-order chi connectivity index (χ0) is 12.1. The van der Waals surface area contributed by atoms with Crippen LogP contribution in [0.5, 0.6) is 0 Å². The molecule has 16 heavy (non-hydrogen) atoms. The van der Waals surface area contributed by atoms with Crippen LogP contribution in [-0.2, 0) is 4.79 Å². The Morgan fingerprint density at radius 3 is 2.75 bits per heavy atom. The van der Waals surface area contributed by atoms with E-state index in [9.17, 15) is 4.79 Å². The highest BCUT2D eigenvalue weighted by Gasteiger charge is 2.28. The number of amides is 1. The van der Waals surface area contributed by atoms with E-state index in [4.69, 9.17) is 11.0 Å². The molecule has 4 nitrogen and oxygen atoms in total. The van der Waals surface area contributed by atoms with Gasteiger partial charge in [-0.2, -0.15) is 5.26 Å². The van der Waals surface area contributed by atoms with Gasteiger partial charge < -0.3 is 10.6 Å². The maximum absolute atomic E-state index is 11.0. The van der Waals surface area contributed by atoms with Gasteiger partial charge in [0.25, 0.3) is 0 Å². The Hall–Kier alpha value is -1.08. The van der Waals surface area contributed by atoms with Crippen molar-refractivity contribution in [2.45, 2.75) is 26.7 Å². The summed E-state index contributed by atoms with van der Waals surface area (Å²) in [5.41, 5.74) is 5.27. The van der Waals surface area contributed by atoms with Crippen LogP contribution in [0.3, 0.4) is 0 Å². The van der Waals surface area contributed by atoms with Gasteiger partial charge in [-0.25, -0.2) is 0 Å². The van der Waals surface area contributed by atoms with Gasteiger partial charge in [-0.15, -0.1) is 0 Å². The smallest absolute Gasteiger partial charge is 0.221 e. The third-order valence-electron chi connectivity index (χ3n) is 3.09. The average molecular weight is 223 g/mol. The molecule has 0 aromatic carbocycles. The summed E-state index contributed by atoms with van der Waals surface area (Å²) in [6.45, 7) is 6.65. The highest BCUT2D eigenvalue weighted by atomic mass is 16.1. The largest absolute Gasteiger partial charge is 0.369 e. The van der Waals surface area contributed by atoms with Crippen LogP contribution in [0.2, 0.25) is 0 Å². The molecule has 1 rings (SSSR count). The number of primary amides is 1. The van der Waals surface area contributed by atoms with Gasteiger partial charge in [0.05, 0.1) is 17.9 Å². The van der Waals surface area contributed by atoms with Crippen molar-refractivity contribution in [3.05, 3.63) is 0 Å². The van der Waals surface area contributed by atoms with E-state index in [2.05, 4.69) is 24.8 Å². The fraction of sp³-hybridized carbons (Fsp3) is 0.833. The molecule has 2 N–H and O–H groups in total. The zero-order valence-electron chi connectivity index (χ0n) is 10.1. The molecule has 0 radical (unpaired) electrons. The maximum Gasteiger partial charge on any atom is 0.221 e. The van der Waals surface area contributed by atoms with Crippen LogP contribution in [0.1, 0.15) is 26.7 Å². The molecule has 0 aliphatic carbocycles. The minimum absolute atomic E-state index is 0.0154. The van der Waals surface area contributed by atoms with Crippen molar-refractivity contribution in [3.63, 3.8) is 0 Å². The number of nitriles is 1. The zero-order valence-corrected chi connectivity index (χ0v) is 10.1. The molecule has 1 heterocycles. The Balaban J connectivity index is 2.38. The van der Waals surface area contributed by atoms with Crippen LogP contribution in [-0.4, -0.2) is 30.4 Å². The second-order valence-electron chi connectivity index (χ2n) is 5.10. The highest BCUT2D eigenvalue weighted by Crippen LogP contribution is 2.19. The van der Waals surface area contributed by atoms with E-state index in [0.29, 0.717) is 5.92 Å². The van der Waals surface area contributed by atoms with Gasteiger partial charge in [-0.3, -0.25) is 4.79 Å². The van der Waals surface area contributed by atoms with Crippen molar-refractivity contribution in [1.29, 1.82) is 5.26 Å². The summed E-state index contributed by atoms with van der Waals surface area (Å²) >= 11 is 0. The van der Waals surface area contributed by atoms with E-state index < -0.39 is 0 Å². The van der Waals surface area contributed by atoms with E-state index in [0.717, 1.165) is 32.5 Å². The highest BCUT2D eigenvalue weighted by molar-refractivity contribution is 5.77. The van der Waals surface area contributed by atoms with Crippen molar-refractivity contribution < 1.29 is 4.79 Å². The van der Waals surface area contributed by atoms with Gasteiger partial charge in [0.1, 0.15) is 0 Å². The Morgan fingerprint density at radius 1 is 1.62 bits per heavy atom. The number of carbonyl (C=O) groups is 1. The molecule has 0 aromatic heterocycles. The van der Waals surface area contributed by atoms with Gasteiger partial charge in [0.15, 0.2) is 0 Å². The molecule has 0 bridgehead atoms. The third kappa shape index (κ3) is 3.82. The monoisotopic (exact) mass is 223 g/mol. The first-order valence-corrected chi connectivity index (χ1v) is 5.94. The first-order valence-electron chi connectivity index (χ1n) is 5.94. The number of hydrogen-bond acceptors (Lipinski definition) is 3. The number of carbonyl (C=O) groups excluding carboxylic acids is 1. The predicted octanol–water partition coefficient (Wildman–Crippen LogP) is 0.979. The fourth-order valence-corrected chi connectivity index (χ4v) is 2.28. The first-order chi connectivity index (χ1) is 7.52. The lowest BCUT2D eigenvalue weighted by Gasteiger charge is -2.20. The number of rotatable bonds is 5. The van der Waals surface area contributed by atoms with E-state index in [-0.39, 0.29) is 17.7 Å². The van der Waals surface area contributed by atoms with Gasteiger partial charge in [-0.05, 0) is 25.3 Å². The number of nitrogens with two attached hydrogens (primary N) is 1. The van der Waals surface area contributed by atoms with Crippen LogP contribution in [0.4, 0.5) is 0 Å². The molecule has 2 unspecified atom stereocenters. The normalized spacial score (nSPS) is 23.2. The molecule has 1 aliphatic heterocycles. The minimum atomic E-state index is -0.208. The van der Waals surface area contributed by atoms with E-state index in [1.807, 2.05) is 0 Å². The second-order valence-corrected chi connectivity index (χ2v) is 5.10. The Morgan fingerprint density at radius 2 is 2.31 bits per heavy atom. The molecule has 0 saturated carbocycles. The average Bonchev–Trinajstić information content (AvgIpc) is 2.64. The van der Waals surface area contributed by atoms with E-state index >= 15 is 0 Å². The van der Waals surface area contributed by atoms with Crippen LogP contribution in [0.15, 0.2) is 0 Å². The summed E-state index contributed by atoms with van der Waals surface area (Å²) < 4.78 is 0. The molecule has 0 spiro atoms. The van der Waals surface area contributed by atoms with E-state index in [1.165, 1.54) is 0 Å². The lowest BCUT2D eigenvalue weighted by Crippen LogP contribution is -2.30. The van der Waals surface area contributed by atoms with Crippen molar-refractivity contribution in [2.24, 2.45) is 23.5 Å². The fourth-order valence-electron chi connectivity index (χ4n) is 2.28. The van der Waals surface area contributed by atoms with Crippen LogP contribution in [0, 0.1) is 29.1 Å². The molecular weight excluding hydrogens is 202 g/mol. The standard InChI is InChI=1S/C12H21N3O/c1-9(2)5-10(6-13)7-15-4-3-11(8-15)12(14)16/h9-11H,3-5,7-8H2,1-2H3,(H2,14,16). The minimum Gasteiger partial charge on any atom is -0.369 e. The molecule has 1 fully saturated rings. The Labute approximate surface area is 97.4 Å². The first kappa shape index (κ1) is 13.0. The van der Waals surface area contributed by atoms with Gasteiger partial charge in [0.2, 0.25) is 5.91 Å². The summed E-state index contributed by atoms with van der Waals surface area (Å²) in [6.07, 6.45) is 1.77. The molecule has 4 heteroatoms. The van der Waals surface area contributed by atoms with E-state index in [1.54, 1.807) is 0 Å². The maximum atomic E-state index is 11.0. The molecule has 1 saturated heterocycles. The van der Waals surface area contributed by atoms with Crippen molar-refractivity contribution in [1.82, 2.24) is 4.90 Å². The number of nitrogens with zero attached hydrogens (tertiary/aromatic N) is 2. The summed E-state index contributed by atoms with van der Waals surface area (Å²) in [5, 5.41) is 9.04. The Bertz CT molecular complexity index is 282. The molecule has 90 valence electrons. The molecule has 0 aromatic rings. The topological polar surface area (TPSA) is 70.1 Å². The van der Waals surface area contributed by atoms with Crippen molar-refractivity contribution in [2.75, 3.05) is 19.6 Å². The summed E-state index contributed by atoms with van der Waals surface area (Å²) in [6, 6.07) is 2.35.